The van der Waals surface area contributed by atoms with E-state index in [0.29, 0.717) is 11.5 Å². The average molecular weight is 504 g/mol. The number of rotatable bonds is 6. The molecule has 0 aliphatic carbocycles. The van der Waals surface area contributed by atoms with Crippen LogP contribution in [0.4, 0.5) is 22.0 Å². The molecule has 3 aromatic heterocycles. The van der Waals surface area contributed by atoms with Gasteiger partial charge in [-0.1, -0.05) is 6.07 Å². The third kappa shape index (κ3) is 5.55. The van der Waals surface area contributed by atoms with Gasteiger partial charge in [0.05, 0.1) is 11.0 Å². The van der Waals surface area contributed by atoms with Gasteiger partial charge in [0, 0.05) is 64.1 Å². The fraction of sp³-hybridized carbons (Fsp3) is 0.407. The van der Waals surface area contributed by atoms with Gasteiger partial charge in [0.2, 0.25) is 5.95 Å². The lowest BCUT2D eigenvalue weighted by molar-refractivity contribution is 0.0591. The fourth-order valence-corrected chi connectivity index (χ4v) is 4.69. The van der Waals surface area contributed by atoms with Crippen LogP contribution in [-0.4, -0.2) is 80.5 Å². The number of hydrogen-bond acceptors (Lipinski definition) is 8. The molecule has 1 aliphatic rings. The standard InChI is InChI=1S/C27H34FN9/c1-27(2,3)37-12-10-36(11-13-37)16-18-8-9-29-22(14-18)34-26-32-20-7-6-19(15-21(20)33-26)24-23(28)25(35(4)5)31-17-30-24/h6-9,14-15,17H,10-13,16H2,1-5H3,(H2,29,32,33,34). The maximum absolute atomic E-state index is 15.0. The number of H-pyrrole nitrogens is 1. The van der Waals surface area contributed by atoms with Crippen LogP contribution in [0.1, 0.15) is 26.3 Å². The van der Waals surface area contributed by atoms with Crippen LogP contribution in [0.2, 0.25) is 0 Å². The van der Waals surface area contributed by atoms with Crippen LogP contribution in [0, 0.1) is 5.82 Å². The van der Waals surface area contributed by atoms with Crippen molar-refractivity contribution in [1.29, 1.82) is 0 Å². The Labute approximate surface area is 216 Å². The number of piperazine rings is 1. The molecule has 1 saturated heterocycles. The Morgan fingerprint density at radius 3 is 2.54 bits per heavy atom. The lowest BCUT2D eigenvalue weighted by Gasteiger charge is -2.42. The molecule has 1 aromatic carbocycles. The van der Waals surface area contributed by atoms with Gasteiger partial charge in [-0.2, -0.15) is 0 Å². The highest BCUT2D eigenvalue weighted by Crippen LogP contribution is 2.28. The largest absolute Gasteiger partial charge is 0.360 e. The summed E-state index contributed by atoms with van der Waals surface area (Å²) in [6, 6.07) is 9.64. The van der Waals surface area contributed by atoms with E-state index >= 15 is 0 Å². The number of nitrogens with zero attached hydrogens (tertiary/aromatic N) is 7. The predicted molar refractivity (Wildman–Crippen MR) is 146 cm³/mol. The molecule has 4 aromatic rings. The summed E-state index contributed by atoms with van der Waals surface area (Å²) in [7, 11) is 3.50. The molecule has 0 saturated carbocycles. The summed E-state index contributed by atoms with van der Waals surface area (Å²) in [5.74, 6) is 1.10. The summed E-state index contributed by atoms with van der Waals surface area (Å²) in [5.41, 5.74) is 3.86. The van der Waals surface area contributed by atoms with Crippen molar-refractivity contribution >= 4 is 28.6 Å². The highest BCUT2D eigenvalue weighted by molar-refractivity contribution is 5.83. The van der Waals surface area contributed by atoms with Crippen LogP contribution in [0.15, 0.2) is 42.9 Å². The summed E-state index contributed by atoms with van der Waals surface area (Å²) in [6.45, 7) is 12.0. The summed E-state index contributed by atoms with van der Waals surface area (Å²) in [6.07, 6.45) is 3.20. The SMILES string of the molecule is CN(C)c1ncnc(-c2ccc3nc(Nc4cc(CN5CCN(C(C)(C)C)CC5)ccn4)[nH]c3c2)c1F. The third-order valence-electron chi connectivity index (χ3n) is 6.75. The molecule has 194 valence electrons. The first-order chi connectivity index (χ1) is 17.7. The molecule has 0 unspecified atom stereocenters. The van der Waals surface area contributed by atoms with Gasteiger partial charge in [0.1, 0.15) is 17.8 Å². The van der Waals surface area contributed by atoms with E-state index in [4.69, 9.17) is 0 Å². The van der Waals surface area contributed by atoms with Crippen molar-refractivity contribution in [3.05, 3.63) is 54.2 Å². The fourth-order valence-electron chi connectivity index (χ4n) is 4.69. The van der Waals surface area contributed by atoms with E-state index in [0.717, 1.165) is 49.6 Å². The van der Waals surface area contributed by atoms with Gasteiger partial charge in [-0.25, -0.2) is 24.3 Å². The van der Waals surface area contributed by atoms with Gasteiger partial charge in [0.25, 0.3) is 0 Å². The Morgan fingerprint density at radius 1 is 1.03 bits per heavy atom. The second-order valence-electron chi connectivity index (χ2n) is 10.7. The molecule has 1 fully saturated rings. The highest BCUT2D eigenvalue weighted by Gasteiger charge is 2.25. The number of aromatic amines is 1. The molecular formula is C27H34FN9. The number of benzene rings is 1. The van der Waals surface area contributed by atoms with E-state index in [1.165, 1.54) is 11.9 Å². The minimum atomic E-state index is -0.453. The highest BCUT2D eigenvalue weighted by atomic mass is 19.1. The van der Waals surface area contributed by atoms with Crippen LogP contribution in [0.5, 0.6) is 0 Å². The lowest BCUT2D eigenvalue weighted by Crippen LogP contribution is -2.53. The lowest BCUT2D eigenvalue weighted by atomic mass is 10.0. The van der Waals surface area contributed by atoms with Crippen molar-refractivity contribution in [2.45, 2.75) is 32.9 Å². The zero-order valence-corrected chi connectivity index (χ0v) is 22.1. The molecule has 9 nitrogen and oxygen atoms in total. The molecule has 37 heavy (non-hydrogen) atoms. The Morgan fingerprint density at radius 2 is 1.81 bits per heavy atom. The summed E-state index contributed by atoms with van der Waals surface area (Å²) in [5, 5.41) is 3.28. The van der Waals surface area contributed by atoms with Crippen molar-refractivity contribution in [2.75, 3.05) is 50.5 Å². The summed E-state index contributed by atoms with van der Waals surface area (Å²) < 4.78 is 15.0. The summed E-state index contributed by atoms with van der Waals surface area (Å²) >= 11 is 0. The predicted octanol–water partition coefficient (Wildman–Crippen LogP) is 4.28. The van der Waals surface area contributed by atoms with E-state index in [-0.39, 0.29) is 17.1 Å². The van der Waals surface area contributed by atoms with Crippen molar-refractivity contribution < 1.29 is 4.39 Å². The molecule has 2 N–H and O–H groups in total. The first-order valence-electron chi connectivity index (χ1n) is 12.5. The number of nitrogens with one attached hydrogen (secondary N) is 2. The van der Waals surface area contributed by atoms with Gasteiger partial charge in [0.15, 0.2) is 11.6 Å². The van der Waals surface area contributed by atoms with Crippen molar-refractivity contribution in [1.82, 2.24) is 34.7 Å². The summed E-state index contributed by atoms with van der Waals surface area (Å²) in [4.78, 5) is 27.2. The molecule has 0 amide bonds. The number of imidazole rings is 1. The first-order valence-corrected chi connectivity index (χ1v) is 12.5. The normalized spacial score (nSPS) is 15.3. The molecule has 4 heterocycles. The number of anilines is 3. The maximum atomic E-state index is 15.0. The number of hydrogen-bond donors (Lipinski definition) is 2. The molecule has 0 radical (unpaired) electrons. The topological polar surface area (TPSA) is 89.1 Å². The number of pyridine rings is 1. The van der Waals surface area contributed by atoms with Gasteiger partial charge in [-0.05, 0) is 50.6 Å². The van der Waals surface area contributed by atoms with Crippen LogP contribution < -0.4 is 10.2 Å². The van der Waals surface area contributed by atoms with E-state index in [9.17, 15) is 4.39 Å². The molecule has 1 aliphatic heterocycles. The zero-order valence-electron chi connectivity index (χ0n) is 22.1. The molecule has 0 spiro atoms. The van der Waals surface area contributed by atoms with Gasteiger partial charge >= 0.3 is 0 Å². The second-order valence-corrected chi connectivity index (χ2v) is 10.7. The first kappa shape index (κ1) is 25.0. The van der Waals surface area contributed by atoms with E-state index in [1.807, 2.05) is 24.4 Å². The molecule has 5 rings (SSSR count). The van der Waals surface area contributed by atoms with Crippen molar-refractivity contribution in [2.24, 2.45) is 0 Å². The Balaban J connectivity index is 1.29. The van der Waals surface area contributed by atoms with Crippen LogP contribution in [-0.2, 0) is 6.54 Å². The maximum Gasteiger partial charge on any atom is 0.206 e. The average Bonchev–Trinajstić information content (AvgIpc) is 3.25. The quantitative estimate of drug-likeness (QED) is 0.403. The van der Waals surface area contributed by atoms with Crippen molar-refractivity contribution in [3.63, 3.8) is 0 Å². The van der Waals surface area contributed by atoms with Crippen molar-refractivity contribution in [3.8, 4) is 11.3 Å². The third-order valence-corrected chi connectivity index (χ3v) is 6.75. The molecule has 10 heteroatoms. The van der Waals surface area contributed by atoms with Gasteiger partial charge in [-0.15, -0.1) is 0 Å². The number of fused-ring (bicyclic) bond motifs is 1. The van der Waals surface area contributed by atoms with Gasteiger partial charge < -0.3 is 15.2 Å². The second kappa shape index (κ2) is 10.0. The van der Waals surface area contributed by atoms with Crippen LogP contribution in [0.3, 0.4) is 0 Å². The minimum Gasteiger partial charge on any atom is -0.360 e. The smallest absolute Gasteiger partial charge is 0.206 e. The molecule has 0 atom stereocenters. The Hall–Kier alpha value is -3.63. The number of halogens is 1. The van der Waals surface area contributed by atoms with Gasteiger partial charge in [-0.3, -0.25) is 9.80 Å². The molecular weight excluding hydrogens is 469 g/mol. The number of aromatic nitrogens is 5. The van der Waals surface area contributed by atoms with E-state index < -0.39 is 5.82 Å². The Kier molecular flexibility index (Phi) is 6.78. The van der Waals surface area contributed by atoms with Crippen LogP contribution >= 0.6 is 0 Å². The molecule has 0 bridgehead atoms. The van der Waals surface area contributed by atoms with E-state index in [2.05, 4.69) is 72.9 Å². The minimum absolute atomic E-state index is 0.214. The zero-order chi connectivity index (χ0) is 26.2. The van der Waals surface area contributed by atoms with Crippen LogP contribution in [0.25, 0.3) is 22.3 Å². The monoisotopic (exact) mass is 503 g/mol. The van der Waals surface area contributed by atoms with E-state index in [1.54, 1.807) is 19.0 Å². The Bertz CT molecular complexity index is 1380.